The molecule has 3 N–H and O–H groups in total. The summed E-state index contributed by atoms with van der Waals surface area (Å²) in [6, 6.07) is 11.2. The van der Waals surface area contributed by atoms with Crippen LogP contribution in [-0.4, -0.2) is 25.6 Å². The summed E-state index contributed by atoms with van der Waals surface area (Å²) >= 11 is 0. The Kier molecular flexibility index (Phi) is 3.24. The summed E-state index contributed by atoms with van der Waals surface area (Å²) < 4.78 is 0. The molecule has 0 spiro atoms. The highest BCUT2D eigenvalue weighted by molar-refractivity contribution is 5.58. The van der Waals surface area contributed by atoms with Gasteiger partial charge < -0.3 is 10.3 Å². The highest BCUT2D eigenvalue weighted by Gasteiger charge is 2.02. The summed E-state index contributed by atoms with van der Waals surface area (Å²) in [6.45, 7) is 0.470. The minimum Gasteiger partial charge on any atom is -0.381 e. The van der Waals surface area contributed by atoms with Gasteiger partial charge in [0.05, 0.1) is 0 Å². The topological polar surface area (TPSA) is 99.4 Å². The fraction of sp³-hybridized carbons (Fsp3) is 0.0769. The maximum Gasteiger partial charge on any atom is 0.252 e. The number of aromatic amines is 2. The molecule has 7 heteroatoms. The lowest BCUT2D eigenvalue weighted by atomic mass is 10.2. The van der Waals surface area contributed by atoms with Crippen molar-refractivity contribution in [3.05, 3.63) is 58.5 Å². The molecule has 0 atom stereocenters. The molecule has 0 aliphatic rings. The van der Waals surface area contributed by atoms with Gasteiger partial charge in [-0.1, -0.05) is 6.07 Å². The van der Waals surface area contributed by atoms with Crippen LogP contribution in [0.1, 0.15) is 5.56 Å². The Labute approximate surface area is 114 Å². The van der Waals surface area contributed by atoms with Crippen LogP contribution in [0.2, 0.25) is 0 Å². The van der Waals surface area contributed by atoms with E-state index in [0.717, 1.165) is 11.3 Å². The van der Waals surface area contributed by atoms with Crippen LogP contribution >= 0.6 is 0 Å². The molecular formula is C13H12N6O. The third kappa shape index (κ3) is 2.56. The maximum atomic E-state index is 11.5. The number of aromatic nitrogens is 5. The second-order valence-corrected chi connectivity index (χ2v) is 4.19. The first kappa shape index (κ1) is 12.1. The first-order valence-electron chi connectivity index (χ1n) is 6.07. The maximum absolute atomic E-state index is 11.5. The third-order valence-electron chi connectivity index (χ3n) is 2.87. The second-order valence-electron chi connectivity index (χ2n) is 4.19. The lowest BCUT2D eigenvalue weighted by molar-refractivity contribution is 0.881. The van der Waals surface area contributed by atoms with E-state index in [9.17, 15) is 4.79 Å². The van der Waals surface area contributed by atoms with Crippen LogP contribution < -0.4 is 10.9 Å². The van der Waals surface area contributed by atoms with Crippen molar-refractivity contribution >= 4 is 5.69 Å². The fourth-order valence-electron chi connectivity index (χ4n) is 1.81. The predicted molar refractivity (Wildman–Crippen MR) is 74.0 cm³/mol. The number of anilines is 1. The van der Waals surface area contributed by atoms with Gasteiger partial charge in [0.2, 0.25) is 5.82 Å². The summed E-state index contributed by atoms with van der Waals surface area (Å²) in [5.41, 5.74) is 2.40. The summed E-state index contributed by atoms with van der Waals surface area (Å²) in [5, 5.41) is 16.9. The number of tetrazole rings is 1. The van der Waals surface area contributed by atoms with Crippen molar-refractivity contribution in [2.24, 2.45) is 0 Å². The minimum absolute atomic E-state index is 0.0802. The van der Waals surface area contributed by atoms with Crippen LogP contribution in [0, 0.1) is 0 Å². The third-order valence-corrected chi connectivity index (χ3v) is 2.87. The Balaban J connectivity index is 1.70. The SMILES string of the molecule is O=c1[nH]cccc1CNc1ccc(-c2nn[nH]n2)cc1. The summed E-state index contributed by atoms with van der Waals surface area (Å²) in [4.78, 5) is 14.2. The number of hydrogen-bond donors (Lipinski definition) is 3. The molecule has 100 valence electrons. The molecular weight excluding hydrogens is 256 g/mol. The number of H-pyrrole nitrogens is 2. The molecule has 2 aromatic heterocycles. The van der Waals surface area contributed by atoms with E-state index in [1.807, 2.05) is 24.3 Å². The van der Waals surface area contributed by atoms with Gasteiger partial charge in [-0.05, 0) is 35.5 Å². The molecule has 2 heterocycles. The van der Waals surface area contributed by atoms with Crippen LogP contribution in [0.4, 0.5) is 5.69 Å². The van der Waals surface area contributed by atoms with E-state index in [1.54, 1.807) is 18.3 Å². The number of hydrogen-bond acceptors (Lipinski definition) is 5. The molecule has 0 amide bonds. The van der Waals surface area contributed by atoms with E-state index in [-0.39, 0.29) is 5.56 Å². The number of nitrogens with one attached hydrogen (secondary N) is 3. The lowest BCUT2D eigenvalue weighted by Gasteiger charge is -2.06. The number of rotatable bonds is 4. The highest BCUT2D eigenvalue weighted by atomic mass is 16.1. The molecule has 0 aliphatic carbocycles. The van der Waals surface area contributed by atoms with Crippen molar-refractivity contribution in [1.29, 1.82) is 0 Å². The average molecular weight is 268 g/mol. The molecule has 0 bridgehead atoms. The fourth-order valence-corrected chi connectivity index (χ4v) is 1.81. The molecule has 3 aromatic rings. The van der Waals surface area contributed by atoms with Gasteiger partial charge in [0.25, 0.3) is 5.56 Å². The van der Waals surface area contributed by atoms with Crippen molar-refractivity contribution in [2.75, 3.05) is 5.32 Å². The molecule has 3 rings (SSSR count). The molecule has 0 radical (unpaired) electrons. The Bertz CT molecular complexity index is 732. The van der Waals surface area contributed by atoms with E-state index < -0.39 is 0 Å². The highest BCUT2D eigenvalue weighted by Crippen LogP contribution is 2.16. The first-order chi connectivity index (χ1) is 9.83. The smallest absolute Gasteiger partial charge is 0.252 e. The van der Waals surface area contributed by atoms with Gasteiger partial charge in [-0.2, -0.15) is 5.21 Å². The Morgan fingerprint density at radius 2 is 2.00 bits per heavy atom. The molecule has 0 fully saturated rings. The van der Waals surface area contributed by atoms with E-state index in [0.29, 0.717) is 17.9 Å². The molecule has 0 aliphatic heterocycles. The van der Waals surface area contributed by atoms with Gasteiger partial charge in [-0.3, -0.25) is 4.79 Å². The zero-order valence-corrected chi connectivity index (χ0v) is 10.5. The molecule has 1 aromatic carbocycles. The van der Waals surface area contributed by atoms with Crippen LogP contribution in [0.15, 0.2) is 47.4 Å². The Hall–Kier alpha value is -2.96. The summed E-state index contributed by atoms with van der Waals surface area (Å²) in [5.74, 6) is 0.552. The second kappa shape index (κ2) is 5.35. The zero-order valence-electron chi connectivity index (χ0n) is 10.5. The first-order valence-corrected chi connectivity index (χ1v) is 6.07. The largest absolute Gasteiger partial charge is 0.381 e. The van der Waals surface area contributed by atoms with Crippen molar-refractivity contribution in [1.82, 2.24) is 25.6 Å². The van der Waals surface area contributed by atoms with Crippen LogP contribution in [-0.2, 0) is 6.54 Å². The van der Waals surface area contributed by atoms with E-state index in [4.69, 9.17) is 0 Å². The predicted octanol–water partition coefficient (Wildman–Crippen LogP) is 1.17. The van der Waals surface area contributed by atoms with Gasteiger partial charge >= 0.3 is 0 Å². The van der Waals surface area contributed by atoms with Crippen LogP contribution in [0.25, 0.3) is 11.4 Å². The molecule has 7 nitrogen and oxygen atoms in total. The van der Waals surface area contributed by atoms with Crippen molar-refractivity contribution in [3.8, 4) is 11.4 Å². The summed E-state index contributed by atoms with van der Waals surface area (Å²) in [6.07, 6.45) is 1.62. The van der Waals surface area contributed by atoms with Crippen LogP contribution in [0.3, 0.4) is 0 Å². The minimum atomic E-state index is -0.0802. The zero-order chi connectivity index (χ0) is 13.8. The standard InChI is InChI=1S/C13H12N6O/c20-13-10(2-1-7-14-13)8-15-11-5-3-9(4-6-11)12-16-18-19-17-12/h1-7,15H,8H2,(H,14,20)(H,16,17,18,19). The van der Waals surface area contributed by atoms with Gasteiger partial charge in [-0.25, -0.2) is 0 Å². The Morgan fingerprint density at radius 1 is 1.15 bits per heavy atom. The average Bonchev–Trinajstić information content (AvgIpc) is 3.01. The number of pyridine rings is 1. The number of benzene rings is 1. The lowest BCUT2D eigenvalue weighted by Crippen LogP contribution is -2.14. The van der Waals surface area contributed by atoms with Crippen LogP contribution in [0.5, 0.6) is 0 Å². The van der Waals surface area contributed by atoms with Crippen molar-refractivity contribution in [3.63, 3.8) is 0 Å². The van der Waals surface area contributed by atoms with E-state index >= 15 is 0 Å². The molecule has 20 heavy (non-hydrogen) atoms. The van der Waals surface area contributed by atoms with Gasteiger partial charge in [0.15, 0.2) is 0 Å². The summed E-state index contributed by atoms with van der Waals surface area (Å²) in [7, 11) is 0. The molecule has 0 saturated carbocycles. The molecule has 0 saturated heterocycles. The molecule has 0 unspecified atom stereocenters. The van der Waals surface area contributed by atoms with E-state index in [2.05, 4.69) is 30.9 Å². The number of nitrogens with zero attached hydrogens (tertiary/aromatic N) is 3. The quantitative estimate of drug-likeness (QED) is 0.659. The normalized spacial score (nSPS) is 10.4. The van der Waals surface area contributed by atoms with Crippen molar-refractivity contribution < 1.29 is 0 Å². The van der Waals surface area contributed by atoms with E-state index in [1.165, 1.54) is 0 Å². The van der Waals surface area contributed by atoms with Gasteiger partial charge in [0, 0.05) is 29.6 Å². The van der Waals surface area contributed by atoms with Gasteiger partial charge in [0.1, 0.15) is 0 Å². The Morgan fingerprint density at radius 3 is 2.70 bits per heavy atom. The van der Waals surface area contributed by atoms with Crippen molar-refractivity contribution in [2.45, 2.75) is 6.54 Å². The monoisotopic (exact) mass is 268 g/mol. The van der Waals surface area contributed by atoms with Gasteiger partial charge in [-0.15, -0.1) is 10.2 Å².